The molecule has 1 aromatic carbocycles. The molecule has 20 heavy (non-hydrogen) atoms. The predicted molar refractivity (Wildman–Crippen MR) is 82.2 cm³/mol. The molecule has 0 heterocycles. The molecule has 1 N–H and O–H groups in total. The Hall–Kier alpha value is -1.06. The summed E-state index contributed by atoms with van der Waals surface area (Å²) in [5.41, 5.74) is 0. The van der Waals surface area contributed by atoms with Crippen molar-refractivity contribution in [2.24, 2.45) is 5.92 Å². The normalized spacial score (nSPS) is 17.9. The summed E-state index contributed by atoms with van der Waals surface area (Å²) in [4.78, 5) is 0. The van der Waals surface area contributed by atoms with Crippen LogP contribution >= 0.6 is 0 Å². The standard InChI is InChI=1S/C17H27NO2/c1-18-17(15-8-4-2-5-9-15)14-19-12-13-20-16-10-6-3-7-11-16/h3,6-7,10-11,15,17-18H,2,4-5,8-9,12-14H2,1H3. The van der Waals surface area contributed by atoms with E-state index in [9.17, 15) is 0 Å². The second-order valence-corrected chi connectivity index (χ2v) is 5.53. The number of hydrogen-bond donors (Lipinski definition) is 1. The molecule has 112 valence electrons. The molecule has 3 nitrogen and oxygen atoms in total. The number of nitrogens with one attached hydrogen (secondary N) is 1. The van der Waals surface area contributed by atoms with Crippen molar-refractivity contribution in [2.45, 2.75) is 38.1 Å². The maximum Gasteiger partial charge on any atom is 0.119 e. The van der Waals surface area contributed by atoms with Gasteiger partial charge in [-0.2, -0.15) is 0 Å². The Bertz CT molecular complexity index is 349. The van der Waals surface area contributed by atoms with Crippen molar-refractivity contribution in [3.63, 3.8) is 0 Å². The second kappa shape index (κ2) is 8.98. The van der Waals surface area contributed by atoms with E-state index in [1.165, 1.54) is 32.1 Å². The van der Waals surface area contributed by atoms with E-state index in [0.717, 1.165) is 18.3 Å². The van der Waals surface area contributed by atoms with E-state index in [0.29, 0.717) is 19.3 Å². The van der Waals surface area contributed by atoms with Crippen molar-refractivity contribution in [3.8, 4) is 5.75 Å². The molecule has 0 aliphatic heterocycles. The zero-order valence-electron chi connectivity index (χ0n) is 12.5. The maximum absolute atomic E-state index is 5.77. The first-order valence-electron chi connectivity index (χ1n) is 7.83. The van der Waals surface area contributed by atoms with Crippen molar-refractivity contribution >= 4 is 0 Å². The largest absolute Gasteiger partial charge is 0.491 e. The molecule has 0 saturated heterocycles. The van der Waals surface area contributed by atoms with Gasteiger partial charge in [0.25, 0.3) is 0 Å². The van der Waals surface area contributed by atoms with E-state index in [1.807, 2.05) is 37.4 Å². The Morgan fingerprint density at radius 1 is 1.10 bits per heavy atom. The first-order chi connectivity index (χ1) is 9.90. The van der Waals surface area contributed by atoms with Crippen molar-refractivity contribution in [2.75, 3.05) is 26.9 Å². The first-order valence-corrected chi connectivity index (χ1v) is 7.83. The molecule has 1 unspecified atom stereocenters. The van der Waals surface area contributed by atoms with Gasteiger partial charge in [0.15, 0.2) is 0 Å². The third-order valence-electron chi connectivity index (χ3n) is 4.13. The SMILES string of the molecule is CNC(COCCOc1ccccc1)C1CCCCC1. The smallest absolute Gasteiger partial charge is 0.119 e. The van der Waals surface area contributed by atoms with Gasteiger partial charge in [0.2, 0.25) is 0 Å². The van der Waals surface area contributed by atoms with Gasteiger partial charge in [-0.15, -0.1) is 0 Å². The van der Waals surface area contributed by atoms with Crippen LogP contribution in [0.15, 0.2) is 30.3 Å². The lowest BCUT2D eigenvalue weighted by molar-refractivity contribution is 0.0661. The van der Waals surface area contributed by atoms with E-state index >= 15 is 0 Å². The Kier molecular flexibility index (Phi) is 6.89. The number of rotatable bonds is 8. The molecule has 1 saturated carbocycles. The molecule has 0 amide bonds. The third kappa shape index (κ3) is 5.14. The lowest BCUT2D eigenvalue weighted by atomic mass is 9.84. The van der Waals surface area contributed by atoms with Crippen LogP contribution in [0.25, 0.3) is 0 Å². The summed E-state index contributed by atoms with van der Waals surface area (Å²) in [6.45, 7) is 2.06. The van der Waals surface area contributed by atoms with E-state index in [2.05, 4.69) is 5.32 Å². The van der Waals surface area contributed by atoms with Crippen LogP contribution in [-0.4, -0.2) is 32.9 Å². The van der Waals surface area contributed by atoms with Crippen LogP contribution in [0.1, 0.15) is 32.1 Å². The summed E-state index contributed by atoms with van der Waals surface area (Å²) in [6.07, 6.45) is 6.84. The number of benzene rings is 1. The lowest BCUT2D eigenvalue weighted by Crippen LogP contribution is -2.39. The predicted octanol–water partition coefficient (Wildman–Crippen LogP) is 3.25. The highest BCUT2D eigenvalue weighted by Crippen LogP contribution is 2.26. The second-order valence-electron chi connectivity index (χ2n) is 5.53. The summed E-state index contributed by atoms with van der Waals surface area (Å²) >= 11 is 0. The summed E-state index contributed by atoms with van der Waals surface area (Å²) in [6, 6.07) is 10.4. The Morgan fingerprint density at radius 3 is 2.55 bits per heavy atom. The molecule has 0 bridgehead atoms. The van der Waals surface area contributed by atoms with Crippen molar-refractivity contribution in [3.05, 3.63) is 30.3 Å². The lowest BCUT2D eigenvalue weighted by Gasteiger charge is -2.29. The number of hydrogen-bond acceptors (Lipinski definition) is 3. The quantitative estimate of drug-likeness (QED) is 0.740. The number of likely N-dealkylation sites (N-methyl/N-ethyl adjacent to an activating group) is 1. The fraction of sp³-hybridized carbons (Fsp3) is 0.647. The van der Waals surface area contributed by atoms with Gasteiger partial charge in [0.05, 0.1) is 13.2 Å². The van der Waals surface area contributed by atoms with Crippen molar-refractivity contribution in [1.29, 1.82) is 0 Å². The van der Waals surface area contributed by atoms with Gasteiger partial charge in [0, 0.05) is 6.04 Å². The van der Waals surface area contributed by atoms with Gasteiger partial charge < -0.3 is 14.8 Å². The fourth-order valence-corrected chi connectivity index (χ4v) is 2.94. The van der Waals surface area contributed by atoms with Crippen molar-refractivity contribution in [1.82, 2.24) is 5.32 Å². The van der Waals surface area contributed by atoms with Crippen LogP contribution in [-0.2, 0) is 4.74 Å². The van der Waals surface area contributed by atoms with Crippen LogP contribution in [0.3, 0.4) is 0 Å². The minimum Gasteiger partial charge on any atom is -0.491 e. The summed E-state index contributed by atoms with van der Waals surface area (Å²) < 4.78 is 11.4. The summed E-state index contributed by atoms with van der Waals surface area (Å²) in [5.74, 6) is 1.69. The highest BCUT2D eigenvalue weighted by Gasteiger charge is 2.22. The van der Waals surface area contributed by atoms with Crippen LogP contribution < -0.4 is 10.1 Å². The molecule has 1 atom stereocenters. The van der Waals surface area contributed by atoms with Crippen LogP contribution in [0.5, 0.6) is 5.75 Å². The van der Waals surface area contributed by atoms with Gasteiger partial charge in [-0.3, -0.25) is 0 Å². The summed E-state index contributed by atoms with van der Waals surface area (Å²) in [5, 5.41) is 3.41. The molecular weight excluding hydrogens is 250 g/mol. The highest BCUT2D eigenvalue weighted by molar-refractivity contribution is 5.20. The van der Waals surface area contributed by atoms with E-state index < -0.39 is 0 Å². The van der Waals surface area contributed by atoms with Gasteiger partial charge in [-0.1, -0.05) is 37.5 Å². The average Bonchev–Trinajstić information content (AvgIpc) is 2.53. The Morgan fingerprint density at radius 2 is 1.85 bits per heavy atom. The molecule has 0 spiro atoms. The number of ether oxygens (including phenoxy) is 2. The van der Waals surface area contributed by atoms with Gasteiger partial charge >= 0.3 is 0 Å². The number of para-hydroxylation sites is 1. The highest BCUT2D eigenvalue weighted by atomic mass is 16.5. The van der Waals surface area contributed by atoms with E-state index in [4.69, 9.17) is 9.47 Å². The molecule has 1 aliphatic rings. The van der Waals surface area contributed by atoms with Gasteiger partial charge in [-0.05, 0) is 37.9 Å². The molecule has 0 radical (unpaired) electrons. The molecule has 3 heteroatoms. The van der Waals surface area contributed by atoms with Gasteiger partial charge in [0.1, 0.15) is 12.4 Å². The molecule has 1 fully saturated rings. The maximum atomic E-state index is 5.77. The minimum absolute atomic E-state index is 0.493. The van der Waals surface area contributed by atoms with Crippen LogP contribution in [0.4, 0.5) is 0 Å². The van der Waals surface area contributed by atoms with Crippen LogP contribution in [0.2, 0.25) is 0 Å². The first kappa shape index (κ1) is 15.3. The Labute approximate surface area is 122 Å². The summed E-state index contributed by atoms with van der Waals surface area (Å²) in [7, 11) is 2.04. The van der Waals surface area contributed by atoms with Crippen LogP contribution in [0, 0.1) is 5.92 Å². The van der Waals surface area contributed by atoms with E-state index in [1.54, 1.807) is 0 Å². The Balaban J connectivity index is 1.59. The topological polar surface area (TPSA) is 30.5 Å². The molecule has 1 aromatic rings. The minimum atomic E-state index is 0.493. The molecule has 2 rings (SSSR count). The molecular formula is C17H27NO2. The molecule has 0 aromatic heterocycles. The van der Waals surface area contributed by atoms with Crippen molar-refractivity contribution < 1.29 is 9.47 Å². The van der Waals surface area contributed by atoms with Gasteiger partial charge in [-0.25, -0.2) is 0 Å². The third-order valence-corrected chi connectivity index (χ3v) is 4.13. The molecule has 1 aliphatic carbocycles. The van der Waals surface area contributed by atoms with E-state index in [-0.39, 0.29) is 0 Å². The zero-order valence-corrected chi connectivity index (χ0v) is 12.5. The fourth-order valence-electron chi connectivity index (χ4n) is 2.94. The average molecular weight is 277 g/mol. The monoisotopic (exact) mass is 277 g/mol. The zero-order chi connectivity index (χ0) is 14.0.